The fourth-order valence-electron chi connectivity index (χ4n) is 9.25. The summed E-state index contributed by atoms with van der Waals surface area (Å²) in [4.78, 5) is 51.0. The molecule has 0 aromatic carbocycles. The lowest BCUT2D eigenvalue weighted by atomic mass is 9.98. The summed E-state index contributed by atoms with van der Waals surface area (Å²) in [5.74, 6) is -3.09. The third kappa shape index (κ3) is 38.7. The first kappa shape index (κ1) is 66.5. The van der Waals surface area contributed by atoms with Crippen molar-refractivity contribution in [2.75, 3.05) is 13.2 Å². The number of carbonyl (C=O) groups is 4. The molecule has 0 spiro atoms. The molecule has 0 saturated carbocycles. The lowest BCUT2D eigenvalue weighted by molar-refractivity contribution is -0.301. The minimum atomic E-state index is -1.90. The quantitative estimate of drug-likeness (QED) is 0.0228. The molecule has 12 nitrogen and oxygen atoms in total. The molecule has 1 rings (SSSR count). The van der Waals surface area contributed by atoms with Gasteiger partial charge in [0, 0.05) is 19.3 Å². The van der Waals surface area contributed by atoms with Crippen molar-refractivity contribution < 1.29 is 58.2 Å². The Balaban J connectivity index is 2.68. The lowest BCUT2D eigenvalue weighted by Crippen LogP contribution is -2.61. The Kier molecular flexibility index (Phi) is 45.3. The van der Waals surface area contributed by atoms with Crippen molar-refractivity contribution >= 4 is 23.9 Å². The number of aliphatic hydroxyl groups excluding tert-OH is 2. The molecule has 6 unspecified atom stereocenters. The van der Waals surface area contributed by atoms with Crippen LogP contribution in [0.1, 0.15) is 290 Å². The number of carboxylic acids is 1. The van der Waals surface area contributed by atoms with E-state index in [9.17, 15) is 34.5 Å². The molecule has 1 saturated heterocycles. The van der Waals surface area contributed by atoms with E-state index < -0.39 is 67.3 Å². The van der Waals surface area contributed by atoms with Crippen LogP contribution in [-0.2, 0) is 42.9 Å². The maximum atomic E-state index is 13.1. The molecule has 71 heavy (non-hydrogen) atoms. The van der Waals surface area contributed by atoms with Crippen LogP contribution in [0.3, 0.4) is 0 Å². The lowest BCUT2D eigenvalue weighted by Gasteiger charge is -2.40. The summed E-state index contributed by atoms with van der Waals surface area (Å²) in [6, 6.07) is 0. The second kappa shape index (κ2) is 48.4. The first-order valence-electron chi connectivity index (χ1n) is 29.7. The Labute approximate surface area is 433 Å². The van der Waals surface area contributed by atoms with Gasteiger partial charge in [-0.3, -0.25) is 14.4 Å². The Morgan fingerprint density at radius 2 is 0.803 bits per heavy atom. The van der Waals surface area contributed by atoms with E-state index in [0.717, 1.165) is 77.0 Å². The zero-order valence-corrected chi connectivity index (χ0v) is 45.7. The fraction of sp³-hybridized carbons (Fsp3) is 0.898. The van der Waals surface area contributed by atoms with E-state index in [0.29, 0.717) is 19.3 Å². The average molecular weight is 1010 g/mol. The average Bonchev–Trinajstić information content (AvgIpc) is 3.35. The van der Waals surface area contributed by atoms with Crippen molar-refractivity contribution in [1.29, 1.82) is 0 Å². The molecule has 1 aliphatic heterocycles. The van der Waals surface area contributed by atoms with Crippen LogP contribution >= 0.6 is 0 Å². The van der Waals surface area contributed by atoms with Crippen molar-refractivity contribution in [2.45, 2.75) is 327 Å². The largest absolute Gasteiger partial charge is 0.479 e. The number of hydrogen-bond acceptors (Lipinski definition) is 11. The highest BCUT2D eigenvalue weighted by Gasteiger charge is 2.50. The SMILES string of the molecule is CCCCCC/C=C\CCCCCCCC(=O)OC1C(OCC(COC(=O)CCCCCCCCCCCCCCCCC)OC(=O)CCCCCCCCCCCCCCC)OC(C(=O)O)C(O)C1O. The zero-order valence-electron chi connectivity index (χ0n) is 45.7. The van der Waals surface area contributed by atoms with E-state index in [2.05, 4.69) is 32.9 Å². The number of esters is 3. The molecular formula is C59H108O12. The Morgan fingerprint density at radius 3 is 1.21 bits per heavy atom. The number of carboxylic acid groups (broad SMARTS) is 1. The monoisotopic (exact) mass is 1010 g/mol. The number of ether oxygens (including phenoxy) is 5. The van der Waals surface area contributed by atoms with Gasteiger partial charge in [-0.15, -0.1) is 0 Å². The van der Waals surface area contributed by atoms with E-state index in [1.807, 2.05) is 0 Å². The van der Waals surface area contributed by atoms with E-state index in [1.165, 1.54) is 154 Å². The van der Waals surface area contributed by atoms with Crippen LogP contribution in [0, 0.1) is 0 Å². The van der Waals surface area contributed by atoms with Crippen molar-refractivity contribution in [3.05, 3.63) is 12.2 Å². The molecule has 6 atom stereocenters. The molecule has 0 bridgehead atoms. The van der Waals surface area contributed by atoms with Crippen LogP contribution in [0.15, 0.2) is 12.2 Å². The summed E-state index contributed by atoms with van der Waals surface area (Å²) in [7, 11) is 0. The molecule has 12 heteroatoms. The standard InChI is InChI=1S/C59H108O12/c1-4-7-10-13-16-19-22-25-26-29-30-33-36-39-42-45-51(60)67-48-50(69-52(61)46-43-40-37-34-31-27-23-20-17-14-11-8-5-2)49-68-59-57(55(64)54(63)56(71-59)58(65)66)70-53(62)47-44-41-38-35-32-28-24-21-18-15-12-9-6-3/h21,24,50,54-57,59,63-64H,4-20,22-23,25-49H2,1-3H3,(H,65,66)/b24-21-. The Hall–Kier alpha value is -2.54. The summed E-state index contributed by atoms with van der Waals surface area (Å²) in [6.45, 7) is 6.00. The highest BCUT2D eigenvalue weighted by molar-refractivity contribution is 5.74. The topological polar surface area (TPSA) is 175 Å². The van der Waals surface area contributed by atoms with Gasteiger partial charge in [-0.1, -0.05) is 238 Å². The van der Waals surface area contributed by atoms with Crippen LogP contribution in [-0.4, -0.2) is 89.2 Å². The van der Waals surface area contributed by atoms with E-state index >= 15 is 0 Å². The molecule has 0 radical (unpaired) electrons. The zero-order chi connectivity index (χ0) is 51.8. The van der Waals surface area contributed by atoms with Crippen molar-refractivity contribution in [2.24, 2.45) is 0 Å². The van der Waals surface area contributed by atoms with Gasteiger partial charge in [0.1, 0.15) is 18.8 Å². The van der Waals surface area contributed by atoms with E-state index in [1.54, 1.807) is 0 Å². The van der Waals surface area contributed by atoms with Gasteiger partial charge in [0.05, 0.1) is 6.61 Å². The van der Waals surface area contributed by atoms with Crippen LogP contribution < -0.4 is 0 Å². The molecule has 1 aliphatic rings. The normalized spacial score (nSPS) is 18.5. The maximum absolute atomic E-state index is 13.1. The van der Waals surface area contributed by atoms with Gasteiger partial charge in [0.2, 0.25) is 0 Å². The van der Waals surface area contributed by atoms with Crippen molar-refractivity contribution in [1.82, 2.24) is 0 Å². The summed E-state index contributed by atoms with van der Waals surface area (Å²) in [6.07, 6.45) is 40.4. The minimum absolute atomic E-state index is 0.0563. The van der Waals surface area contributed by atoms with Gasteiger partial charge < -0.3 is 39.0 Å². The predicted octanol–water partition coefficient (Wildman–Crippen LogP) is 14.9. The highest BCUT2D eigenvalue weighted by atomic mass is 16.7. The molecule has 3 N–H and O–H groups in total. The predicted molar refractivity (Wildman–Crippen MR) is 285 cm³/mol. The smallest absolute Gasteiger partial charge is 0.335 e. The number of hydrogen-bond donors (Lipinski definition) is 3. The summed E-state index contributed by atoms with van der Waals surface area (Å²) >= 11 is 0. The maximum Gasteiger partial charge on any atom is 0.335 e. The first-order chi connectivity index (χ1) is 34.6. The van der Waals surface area contributed by atoms with Crippen LogP contribution in [0.4, 0.5) is 0 Å². The van der Waals surface area contributed by atoms with Gasteiger partial charge >= 0.3 is 23.9 Å². The first-order valence-corrected chi connectivity index (χ1v) is 29.7. The van der Waals surface area contributed by atoms with Crippen LogP contribution in [0.25, 0.3) is 0 Å². The molecule has 0 amide bonds. The number of rotatable bonds is 51. The van der Waals surface area contributed by atoms with Crippen LogP contribution in [0.5, 0.6) is 0 Å². The van der Waals surface area contributed by atoms with E-state index in [-0.39, 0.29) is 25.9 Å². The second-order valence-corrected chi connectivity index (χ2v) is 20.6. The summed E-state index contributed by atoms with van der Waals surface area (Å²) in [5, 5.41) is 31.4. The second-order valence-electron chi connectivity index (χ2n) is 20.6. The molecule has 0 aromatic heterocycles. The van der Waals surface area contributed by atoms with Crippen molar-refractivity contribution in [3.8, 4) is 0 Å². The van der Waals surface area contributed by atoms with Crippen molar-refractivity contribution in [3.63, 3.8) is 0 Å². The number of allylic oxidation sites excluding steroid dienone is 2. The molecule has 1 fully saturated rings. The molecule has 1 heterocycles. The molecule has 0 aromatic rings. The number of aliphatic hydroxyl groups is 2. The summed E-state index contributed by atoms with van der Waals surface area (Å²) < 4.78 is 28.4. The Morgan fingerprint density at radius 1 is 0.451 bits per heavy atom. The number of carbonyl (C=O) groups excluding carboxylic acids is 3. The molecule has 416 valence electrons. The summed E-state index contributed by atoms with van der Waals surface area (Å²) in [5.41, 5.74) is 0. The minimum Gasteiger partial charge on any atom is -0.479 e. The van der Waals surface area contributed by atoms with Gasteiger partial charge in [0.25, 0.3) is 0 Å². The van der Waals surface area contributed by atoms with Gasteiger partial charge in [-0.05, 0) is 44.9 Å². The number of aliphatic carboxylic acids is 1. The Bertz CT molecular complexity index is 1290. The highest BCUT2D eigenvalue weighted by Crippen LogP contribution is 2.27. The third-order valence-corrected chi connectivity index (χ3v) is 13.8. The fourth-order valence-corrected chi connectivity index (χ4v) is 9.25. The van der Waals surface area contributed by atoms with Gasteiger partial charge in [-0.25, -0.2) is 4.79 Å². The van der Waals surface area contributed by atoms with Gasteiger partial charge in [0.15, 0.2) is 24.6 Å². The van der Waals surface area contributed by atoms with Crippen LogP contribution in [0.2, 0.25) is 0 Å². The number of unbranched alkanes of at least 4 members (excludes halogenated alkanes) is 35. The molecular weight excluding hydrogens is 901 g/mol. The van der Waals surface area contributed by atoms with Gasteiger partial charge in [-0.2, -0.15) is 0 Å². The van der Waals surface area contributed by atoms with E-state index in [4.69, 9.17) is 23.7 Å². The molecule has 0 aliphatic carbocycles. The third-order valence-electron chi connectivity index (χ3n) is 13.8.